The second-order valence-corrected chi connectivity index (χ2v) is 10.1. The molecule has 1 aliphatic rings. The van der Waals surface area contributed by atoms with Crippen LogP contribution in [0.15, 0.2) is 69.9 Å². The average molecular weight is 549 g/mol. The van der Waals surface area contributed by atoms with Crippen LogP contribution < -0.4 is 5.32 Å². The van der Waals surface area contributed by atoms with Crippen molar-refractivity contribution in [3.05, 3.63) is 88.2 Å². The molecule has 0 saturated carbocycles. The molecule has 2 aromatic heterocycles. The van der Waals surface area contributed by atoms with Crippen LogP contribution in [0.25, 0.3) is 11.4 Å². The number of piperidine rings is 1. The molecular weight excluding hydrogens is 520 g/mol. The Morgan fingerprint density at radius 1 is 1.11 bits per heavy atom. The number of rotatable bonds is 8. The minimum atomic E-state index is -0.0453. The van der Waals surface area contributed by atoms with Gasteiger partial charge in [-0.3, -0.25) is 9.69 Å². The van der Waals surface area contributed by atoms with E-state index in [1.54, 1.807) is 0 Å². The highest BCUT2D eigenvalue weighted by atomic mass is 79.9. The quantitative estimate of drug-likeness (QED) is 0.346. The Balaban J connectivity index is 1.11. The molecule has 1 saturated heterocycles. The molecule has 8 nitrogen and oxygen atoms in total. The number of aryl methyl sites for hydroxylation is 1. The normalized spacial score (nSPS) is 16.2. The first-order chi connectivity index (χ1) is 17.5. The van der Waals surface area contributed by atoms with Crippen molar-refractivity contribution in [2.75, 3.05) is 13.1 Å². The van der Waals surface area contributed by atoms with Crippen LogP contribution in [0.2, 0.25) is 0 Å². The van der Waals surface area contributed by atoms with E-state index in [0.29, 0.717) is 31.3 Å². The highest BCUT2D eigenvalue weighted by Crippen LogP contribution is 2.22. The van der Waals surface area contributed by atoms with Gasteiger partial charge in [0.05, 0.1) is 12.5 Å². The van der Waals surface area contributed by atoms with Crippen molar-refractivity contribution in [3.8, 4) is 11.4 Å². The molecule has 186 valence electrons. The van der Waals surface area contributed by atoms with Crippen molar-refractivity contribution in [2.24, 2.45) is 5.92 Å². The van der Waals surface area contributed by atoms with Gasteiger partial charge in [-0.1, -0.05) is 45.4 Å². The fourth-order valence-electron chi connectivity index (χ4n) is 4.50. The Bertz CT molecular complexity index is 1300. The second-order valence-electron chi connectivity index (χ2n) is 9.23. The highest BCUT2D eigenvalue weighted by molar-refractivity contribution is 9.10. The summed E-state index contributed by atoms with van der Waals surface area (Å²) in [4.78, 5) is 23.9. The van der Waals surface area contributed by atoms with E-state index >= 15 is 0 Å². The molecule has 4 aromatic rings. The van der Waals surface area contributed by atoms with E-state index < -0.39 is 0 Å². The number of imidazole rings is 1. The zero-order chi connectivity index (χ0) is 24.9. The largest absolute Gasteiger partial charge is 0.352 e. The molecule has 5 rings (SSSR count). The van der Waals surface area contributed by atoms with E-state index in [2.05, 4.69) is 70.1 Å². The monoisotopic (exact) mass is 548 g/mol. The fraction of sp³-hybridized carbons (Fsp3) is 0.333. The molecule has 1 unspecified atom stereocenters. The molecule has 2 aromatic carbocycles. The smallest absolute Gasteiger partial charge is 0.241 e. The van der Waals surface area contributed by atoms with Crippen molar-refractivity contribution < 1.29 is 9.32 Å². The summed E-state index contributed by atoms with van der Waals surface area (Å²) in [5.74, 6) is 2.20. The summed E-state index contributed by atoms with van der Waals surface area (Å²) in [6.45, 7) is 5.47. The number of nitrogens with zero attached hydrogens (tertiary/aromatic N) is 5. The lowest BCUT2D eigenvalue weighted by molar-refractivity contribution is -0.127. The minimum absolute atomic E-state index is 0.0453. The fourth-order valence-corrected chi connectivity index (χ4v) is 4.77. The van der Waals surface area contributed by atoms with E-state index in [1.807, 2.05) is 43.6 Å². The summed E-state index contributed by atoms with van der Waals surface area (Å²) < 4.78 is 8.60. The lowest BCUT2D eigenvalue weighted by atomic mass is 9.97. The Hall–Kier alpha value is -3.30. The number of halogens is 1. The third-order valence-electron chi connectivity index (χ3n) is 6.57. The molecule has 0 aliphatic carbocycles. The zero-order valence-corrected chi connectivity index (χ0v) is 21.8. The summed E-state index contributed by atoms with van der Waals surface area (Å²) in [7, 11) is 0. The van der Waals surface area contributed by atoms with E-state index in [-0.39, 0.29) is 11.8 Å². The maximum atomic E-state index is 12.9. The number of carbonyl (C=O) groups is 1. The van der Waals surface area contributed by atoms with Crippen LogP contribution in [0.4, 0.5) is 0 Å². The molecule has 1 N–H and O–H groups in total. The number of hydrogen-bond acceptors (Lipinski definition) is 6. The summed E-state index contributed by atoms with van der Waals surface area (Å²) in [6.07, 6.45) is 5.65. The van der Waals surface area contributed by atoms with Crippen LogP contribution in [0, 0.1) is 12.8 Å². The topological polar surface area (TPSA) is 89.1 Å². The van der Waals surface area contributed by atoms with Gasteiger partial charge >= 0.3 is 0 Å². The Kier molecular flexibility index (Phi) is 7.58. The predicted molar refractivity (Wildman–Crippen MR) is 140 cm³/mol. The van der Waals surface area contributed by atoms with E-state index in [4.69, 9.17) is 4.52 Å². The Morgan fingerprint density at radius 2 is 1.89 bits per heavy atom. The SMILES string of the molecule is Cc1nccn1Cc1ccc(CNC(=O)C2CCCN(Cc3nc(-c4ccc(Br)cc4)no3)C2)cc1. The van der Waals surface area contributed by atoms with E-state index in [9.17, 15) is 4.79 Å². The molecule has 0 radical (unpaired) electrons. The van der Waals surface area contributed by atoms with Crippen LogP contribution in [-0.2, 0) is 24.4 Å². The average Bonchev–Trinajstić information content (AvgIpc) is 3.53. The predicted octanol–water partition coefficient (Wildman–Crippen LogP) is 4.58. The van der Waals surface area contributed by atoms with E-state index in [0.717, 1.165) is 47.4 Å². The molecule has 0 bridgehead atoms. The van der Waals surface area contributed by atoms with Crippen molar-refractivity contribution in [3.63, 3.8) is 0 Å². The summed E-state index contributed by atoms with van der Waals surface area (Å²) in [6, 6.07) is 16.2. The Labute approximate surface area is 218 Å². The third kappa shape index (κ3) is 6.09. The molecule has 36 heavy (non-hydrogen) atoms. The molecule has 1 amide bonds. The highest BCUT2D eigenvalue weighted by Gasteiger charge is 2.26. The van der Waals surface area contributed by atoms with Crippen molar-refractivity contribution >= 4 is 21.8 Å². The van der Waals surface area contributed by atoms with Gasteiger partial charge in [0.2, 0.25) is 17.6 Å². The summed E-state index contributed by atoms with van der Waals surface area (Å²) in [5, 5.41) is 7.24. The van der Waals surface area contributed by atoms with Crippen LogP contribution >= 0.6 is 15.9 Å². The van der Waals surface area contributed by atoms with Gasteiger partial charge in [-0.15, -0.1) is 0 Å². The van der Waals surface area contributed by atoms with E-state index in [1.165, 1.54) is 5.56 Å². The number of hydrogen-bond donors (Lipinski definition) is 1. The van der Waals surface area contributed by atoms with Gasteiger partial charge in [0, 0.05) is 42.1 Å². The van der Waals surface area contributed by atoms with Gasteiger partial charge in [0.15, 0.2) is 0 Å². The number of aromatic nitrogens is 4. The summed E-state index contributed by atoms with van der Waals surface area (Å²) >= 11 is 3.44. The minimum Gasteiger partial charge on any atom is -0.352 e. The van der Waals surface area contributed by atoms with Gasteiger partial charge in [-0.2, -0.15) is 4.98 Å². The molecule has 1 aliphatic heterocycles. The first-order valence-electron chi connectivity index (χ1n) is 12.2. The van der Waals surface area contributed by atoms with Crippen LogP contribution in [0.5, 0.6) is 0 Å². The van der Waals surface area contributed by atoms with Crippen molar-refractivity contribution in [1.82, 2.24) is 29.9 Å². The first kappa shape index (κ1) is 24.4. The number of likely N-dealkylation sites (tertiary alicyclic amines) is 1. The molecular formula is C27H29BrN6O2. The molecule has 0 spiro atoms. The third-order valence-corrected chi connectivity index (χ3v) is 7.10. The first-order valence-corrected chi connectivity index (χ1v) is 13.0. The van der Waals surface area contributed by atoms with Gasteiger partial charge in [0.25, 0.3) is 0 Å². The number of benzene rings is 2. The van der Waals surface area contributed by atoms with Crippen LogP contribution in [-0.4, -0.2) is 43.6 Å². The van der Waals surface area contributed by atoms with Gasteiger partial charge < -0.3 is 14.4 Å². The number of nitrogens with one attached hydrogen (secondary N) is 1. The van der Waals surface area contributed by atoms with Gasteiger partial charge in [-0.25, -0.2) is 4.98 Å². The van der Waals surface area contributed by atoms with Gasteiger partial charge in [0.1, 0.15) is 5.82 Å². The molecule has 1 fully saturated rings. The summed E-state index contributed by atoms with van der Waals surface area (Å²) in [5.41, 5.74) is 3.21. The number of amides is 1. The maximum absolute atomic E-state index is 12.9. The standard InChI is InChI=1S/C27H29BrN6O2/c1-19-29-12-14-34(19)16-21-6-4-20(5-7-21)15-30-27(35)23-3-2-13-33(17-23)18-25-31-26(32-36-25)22-8-10-24(28)11-9-22/h4-12,14,23H,2-3,13,15-18H2,1H3,(H,30,35). The van der Waals surface area contributed by atoms with Crippen molar-refractivity contribution in [2.45, 2.75) is 39.4 Å². The molecule has 3 heterocycles. The Morgan fingerprint density at radius 3 is 2.64 bits per heavy atom. The maximum Gasteiger partial charge on any atom is 0.241 e. The molecule has 1 atom stereocenters. The second kappa shape index (κ2) is 11.2. The number of carbonyl (C=O) groups excluding carboxylic acids is 1. The molecule has 9 heteroatoms. The zero-order valence-electron chi connectivity index (χ0n) is 20.2. The lowest BCUT2D eigenvalue weighted by Crippen LogP contribution is -2.42. The van der Waals surface area contributed by atoms with Gasteiger partial charge in [-0.05, 0) is 61.7 Å². The van der Waals surface area contributed by atoms with Crippen LogP contribution in [0.1, 0.15) is 35.7 Å². The van der Waals surface area contributed by atoms with Crippen LogP contribution in [0.3, 0.4) is 0 Å². The van der Waals surface area contributed by atoms with Crippen molar-refractivity contribution in [1.29, 1.82) is 0 Å². The lowest BCUT2D eigenvalue weighted by Gasteiger charge is -2.30.